The van der Waals surface area contributed by atoms with Gasteiger partial charge < -0.3 is 0 Å². The van der Waals surface area contributed by atoms with Crippen LogP contribution in [0.25, 0.3) is 0 Å². The second kappa shape index (κ2) is 4.79. The molecule has 1 aliphatic rings. The van der Waals surface area contributed by atoms with Crippen molar-refractivity contribution < 1.29 is 4.84 Å². The van der Waals surface area contributed by atoms with E-state index in [1.54, 1.807) is 0 Å². The van der Waals surface area contributed by atoms with E-state index in [0.29, 0.717) is 6.04 Å². The first-order valence-corrected chi connectivity index (χ1v) is 6.46. The van der Waals surface area contributed by atoms with Gasteiger partial charge >= 0.3 is 0 Å². The number of rotatable bonds is 4. The SMILES string of the molecule is Cc1ccc(C(NOC(C)(C)C)C2CC2)cc1. The van der Waals surface area contributed by atoms with E-state index in [1.165, 1.54) is 24.0 Å². The number of hydrogen-bond donors (Lipinski definition) is 1. The van der Waals surface area contributed by atoms with Gasteiger partial charge in [0.05, 0.1) is 11.6 Å². The lowest BCUT2D eigenvalue weighted by Crippen LogP contribution is -2.33. The van der Waals surface area contributed by atoms with Gasteiger partial charge in [0, 0.05) is 0 Å². The molecule has 0 spiro atoms. The van der Waals surface area contributed by atoms with Gasteiger partial charge in [-0.1, -0.05) is 29.8 Å². The molecule has 0 saturated heterocycles. The van der Waals surface area contributed by atoms with Gasteiger partial charge in [0.2, 0.25) is 0 Å². The lowest BCUT2D eigenvalue weighted by Gasteiger charge is -2.25. The van der Waals surface area contributed by atoms with Crippen LogP contribution in [0.1, 0.15) is 50.8 Å². The zero-order valence-electron chi connectivity index (χ0n) is 11.3. The van der Waals surface area contributed by atoms with Crippen LogP contribution in [0.15, 0.2) is 24.3 Å². The Morgan fingerprint density at radius 3 is 2.24 bits per heavy atom. The van der Waals surface area contributed by atoms with Crippen molar-refractivity contribution in [3.63, 3.8) is 0 Å². The van der Waals surface area contributed by atoms with Crippen LogP contribution >= 0.6 is 0 Å². The van der Waals surface area contributed by atoms with Crippen molar-refractivity contribution in [3.8, 4) is 0 Å². The van der Waals surface area contributed by atoms with Crippen LogP contribution in [-0.4, -0.2) is 5.60 Å². The molecule has 1 saturated carbocycles. The normalized spacial score (nSPS) is 18.1. The summed E-state index contributed by atoms with van der Waals surface area (Å²) in [6.07, 6.45) is 2.61. The number of aryl methyl sites for hydroxylation is 1. The second-order valence-electron chi connectivity index (χ2n) is 6.06. The highest BCUT2D eigenvalue weighted by atomic mass is 16.7. The first-order chi connectivity index (χ1) is 7.96. The molecule has 1 atom stereocenters. The van der Waals surface area contributed by atoms with Crippen LogP contribution in [0, 0.1) is 12.8 Å². The van der Waals surface area contributed by atoms with Crippen LogP contribution in [0.3, 0.4) is 0 Å². The van der Waals surface area contributed by atoms with E-state index < -0.39 is 0 Å². The van der Waals surface area contributed by atoms with Crippen molar-refractivity contribution in [2.45, 2.75) is 52.2 Å². The first kappa shape index (κ1) is 12.6. The standard InChI is InChI=1S/C15H23NO/c1-11-5-7-12(8-6-11)14(13-9-10-13)16-17-15(2,3)4/h5-8,13-14,16H,9-10H2,1-4H3. The van der Waals surface area contributed by atoms with Gasteiger partial charge in [0.1, 0.15) is 0 Å². The Kier molecular flexibility index (Phi) is 3.55. The summed E-state index contributed by atoms with van der Waals surface area (Å²) in [5.74, 6) is 0.736. The predicted molar refractivity (Wildman–Crippen MR) is 70.6 cm³/mol. The molecule has 1 aromatic carbocycles. The van der Waals surface area contributed by atoms with Gasteiger partial charge in [0.25, 0.3) is 0 Å². The summed E-state index contributed by atoms with van der Waals surface area (Å²) in [7, 11) is 0. The number of nitrogens with one attached hydrogen (secondary N) is 1. The minimum absolute atomic E-state index is 0.141. The van der Waals surface area contributed by atoms with E-state index in [0.717, 1.165) is 5.92 Å². The maximum Gasteiger partial charge on any atom is 0.0813 e. The summed E-state index contributed by atoms with van der Waals surface area (Å²) in [6, 6.07) is 9.09. The van der Waals surface area contributed by atoms with Crippen LogP contribution < -0.4 is 5.48 Å². The Bertz CT molecular complexity index is 360. The number of hydrogen-bond acceptors (Lipinski definition) is 2. The molecule has 17 heavy (non-hydrogen) atoms. The van der Waals surface area contributed by atoms with Crippen molar-refractivity contribution in [3.05, 3.63) is 35.4 Å². The van der Waals surface area contributed by atoms with Crippen molar-refractivity contribution in [2.24, 2.45) is 5.92 Å². The van der Waals surface area contributed by atoms with E-state index in [4.69, 9.17) is 4.84 Å². The average molecular weight is 233 g/mol. The fourth-order valence-corrected chi connectivity index (χ4v) is 1.88. The topological polar surface area (TPSA) is 21.3 Å². The van der Waals surface area contributed by atoms with Crippen molar-refractivity contribution >= 4 is 0 Å². The Morgan fingerprint density at radius 2 is 1.76 bits per heavy atom. The highest BCUT2D eigenvalue weighted by Gasteiger charge is 2.33. The van der Waals surface area contributed by atoms with E-state index in [9.17, 15) is 0 Å². The molecule has 2 rings (SSSR count). The second-order valence-corrected chi connectivity index (χ2v) is 6.06. The van der Waals surface area contributed by atoms with E-state index in [1.807, 2.05) is 0 Å². The summed E-state index contributed by atoms with van der Waals surface area (Å²) in [5.41, 5.74) is 5.76. The van der Waals surface area contributed by atoms with Crippen molar-refractivity contribution in [1.29, 1.82) is 0 Å². The predicted octanol–water partition coefficient (Wildman–Crippen LogP) is 3.77. The smallest absolute Gasteiger partial charge is 0.0813 e. The highest BCUT2D eigenvalue weighted by molar-refractivity contribution is 5.25. The fraction of sp³-hybridized carbons (Fsp3) is 0.600. The maximum absolute atomic E-state index is 5.73. The largest absolute Gasteiger partial charge is 0.295 e. The summed E-state index contributed by atoms with van der Waals surface area (Å²) in [4.78, 5) is 5.73. The number of benzene rings is 1. The van der Waals surface area contributed by atoms with Gasteiger partial charge in [-0.25, -0.2) is 0 Å². The zero-order valence-corrected chi connectivity index (χ0v) is 11.3. The van der Waals surface area contributed by atoms with E-state index in [-0.39, 0.29) is 5.60 Å². The van der Waals surface area contributed by atoms with Crippen LogP contribution in [-0.2, 0) is 4.84 Å². The molecule has 0 aromatic heterocycles. The molecule has 1 N–H and O–H groups in total. The van der Waals surface area contributed by atoms with Gasteiger partial charge in [0.15, 0.2) is 0 Å². The molecule has 2 heteroatoms. The molecule has 1 unspecified atom stereocenters. The first-order valence-electron chi connectivity index (χ1n) is 6.46. The summed E-state index contributed by atoms with van der Waals surface area (Å²) < 4.78 is 0. The summed E-state index contributed by atoms with van der Waals surface area (Å²) >= 11 is 0. The molecule has 0 aliphatic heterocycles. The van der Waals surface area contributed by atoms with Crippen LogP contribution in [0.2, 0.25) is 0 Å². The molecule has 0 radical (unpaired) electrons. The Balaban J connectivity index is 2.04. The molecule has 0 heterocycles. The third-order valence-corrected chi connectivity index (χ3v) is 3.02. The molecular formula is C15H23NO. The molecule has 1 aromatic rings. The lowest BCUT2D eigenvalue weighted by molar-refractivity contribution is -0.0922. The Labute approximate surface area is 104 Å². The zero-order chi connectivity index (χ0) is 12.5. The van der Waals surface area contributed by atoms with E-state index >= 15 is 0 Å². The minimum Gasteiger partial charge on any atom is -0.295 e. The highest BCUT2D eigenvalue weighted by Crippen LogP contribution is 2.41. The molecular weight excluding hydrogens is 210 g/mol. The van der Waals surface area contributed by atoms with Gasteiger partial charge in [-0.05, 0) is 52.0 Å². The summed E-state index contributed by atoms with van der Waals surface area (Å²) in [6.45, 7) is 8.33. The van der Waals surface area contributed by atoms with Gasteiger partial charge in [-0.2, -0.15) is 5.48 Å². The average Bonchev–Trinajstić information content (AvgIpc) is 3.03. The monoisotopic (exact) mass is 233 g/mol. The molecule has 0 amide bonds. The van der Waals surface area contributed by atoms with Crippen molar-refractivity contribution in [1.82, 2.24) is 5.48 Å². The lowest BCUT2D eigenvalue weighted by atomic mass is 10.0. The van der Waals surface area contributed by atoms with Crippen LogP contribution in [0.5, 0.6) is 0 Å². The molecule has 0 bridgehead atoms. The van der Waals surface area contributed by atoms with E-state index in [2.05, 4.69) is 57.4 Å². The maximum atomic E-state index is 5.73. The number of hydroxylamine groups is 1. The van der Waals surface area contributed by atoms with Gasteiger partial charge in [-0.3, -0.25) is 4.84 Å². The molecule has 1 fully saturated rings. The van der Waals surface area contributed by atoms with Gasteiger partial charge in [-0.15, -0.1) is 0 Å². The minimum atomic E-state index is -0.141. The molecule has 1 aliphatic carbocycles. The quantitative estimate of drug-likeness (QED) is 0.799. The van der Waals surface area contributed by atoms with Crippen LogP contribution in [0.4, 0.5) is 0 Å². The fourth-order valence-electron chi connectivity index (χ4n) is 1.88. The third kappa shape index (κ3) is 3.83. The molecule has 94 valence electrons. The third-order valence-electron chi connectivity index (χ3n) is 3.02. The van der Waals surface area contributed by atoms with Crippen molar-refractivity contribution in [2.75, 3.05) is 0 Å². The summed E-state index contributed by atoms with van der Waals surface area (Å²) in [5, 5.41) is 0. The Hall–Kier alpha value is -0.860. The molecule has 2 nitrogen and oxygen atoms in total. The Morgan fingerprint density at radius 1 is 1.18 bits per heavy atom.